The quantitative estimate of drug-likeness (QED) is 0.919. The van der Waals surface area contributed by atoms with Crippen LogP contribution in [0.5, 0.6) is 0 Å². The van der Waals surface area contributed by atoms with Crippen molar-refractivity contribution >= 4 is 21.7 Å². The first-order valence-corrected chi connectivity index (χ1v) is 7.40. The van der Waals surface area contributed by atoms with E-state index in [0.717, 1.165) is 12.8 Å². The lowest BCUT2D eigenvalue weighted by molar-refractivity contribution is -0.140. The molecule has 1 N–H and O–H groups in total. The zero-order chi connectivity index (χ0) is 14.0. The Morgan fingerprint density at radius 1 is 1.47 bits per heavy atom. The number of rotatable bonds is 3. The number of aliphatic hydroxyl groups is 1. The van der Waals surface area contributed by atoms with Crippen molar-refractivity contribution in [3.8, 4) is 0 Å². The van der Waals surface area contributed by atoms with Gasteiger partial charge < -0.3 is 5.11 Å². The van der Waals surface area contributed by atoms with E-state index in [1.807, 2.05) is 0 Å². The van der Waals surface area contributed by atoms with E-state index in [4.69, 9.17) is 0 Å². The van der Waals surface area contributed by atoms with E-state index in [2.05, 4.69) is 22.9 Å². The van der Waals surface area contributed by atoms with Crippen molar-refractivity contribution in [3.05, 3.63) is 34.1 Å². The topological polar surface area (TPSA) is 37.3 Å². The summed E-state index contributed by atoms with van der Waals surface area (Å²) in [6, 6.07) is 4.63. The number of carbonyl (C=O) groups excluding carboxylic acids is 1. The second-order valence-corrected chi connectivity index (χ2v) is 6.32. The number of ketones is 1. The Kier molecular flexibility index (Phi) is 4.41. The molecule has 0 bridgehead atoms. The van der Waals surface area contributed by atoms with Gasteiger partial charge in [-0.2, -0.15) is 0 Å². The van der Waals surface area contributed by atoms with Crippen molar-refractivity contribution < 1.29 is 14.3 Å². The fourth-order valence-corrected chi connectivity index (χ4v) is 2.95. The summed E-state index contributed by atoms with van der Waals surface area (Å²) in [6.07, 6.45) is 2.84. The summed E-state index contributed by atoms with van der Waals surface area (Å²) in [5.74, 6) is -0.0192. The normalized spacial score (nSPS) is 27.3. The number of hydrogen-bond donors (Lipinski definition) is 1. The predicted molar refractivity (Wildman–Crippen MR) is 75.4 cm³/mol. The van der Waals surface area contributed by atoms with Crippen LogP contribution in [-0.4, -0.2) is 16.5 Å². The van der Waals surface area contributed by atoms with Crippen molar-refractivity contribution in [3.63, 3.8) is 0 Å². The first-order chi connectivity index (χ1) is 8.92. The zero-order valence-electron chi connectivity index (χ0n) is 11.0. The van der Waals surface area contributed by atoms with Crippen molar-refractivity contribution in [2.45, 2.75) is 44.6 Å². The van der Waals surface area contributed by atoms with E-state index >= 15 is 0 Å². The maximum absolute atomic E-state index is 13.4. The highest BCUT2D eigenvalue weighted by Crippen LogP contribution is 2.34. The summed E-state index contributed by atoms with van der Waals surface area (Å²) in [5.41, 5.74) is -0.629. The maximum atomic E-state index is 13.4. The van der Waals surface area contributed by atoms with Gasteiger partial charge in [-0.25, -0.2) is 4.39 Å². The molecule has 0 heterocycles. The molecule has 0 aliphatic heterocycles. The van der Waals surface area contributed by atoms with E-state index in [-0.39, 0.29) is 18.0 Å². The smallest absolute Gasteiger partial charge is 0.168 e. The third kappa shape index (κ3) is 3.23. The minimum absolute atomic E-state index is 0.0726. The summed E-state index contributed by atoms with van der Waals surface area (Å²) in [6.45, 7) is 2.13. The highest BCUT2D eigenvalue weighted by atomic mass is 79.9. The molecule has 0 amide bonds. The molecule has 1 saturated carbocycles. The summed E-state index contributed by atoms with van der Waals surface area (Å²) in [4.78, 5) is 12.3. The van der Waals surface area contributed by atoms with E-state index in [9.17, 15) is 14.3 Å². The fraction of sp³-hybridized carbons (Fsp3) is 0.533. The van der Waals surface area contributed by atoms with Gasteiger partial charge in [0.1, 0.15) is 11.4 Å². The van der Waals surface area contributed by atoms with E-state index in [0.29, 0.717) is 28.8 Å². The molecule has 19 heavy (non-hydrogen) atoms. The van der Waals surface area contributed by atoms with Crippen LogP contribution >= 0.6 is 15.9 Å². The predicted octanol–water partition coefficient (Wildman–Crippen LogP) is 3.64. The van der Waals surface area contributed by atoms with Crippen LogP contribution in [-0.2, 0) is 11.2 Å². The Morgan fingerprint density at radius 3 is 2.74 bits per heavy atom. The fourth-order valence-electron chi connectivity index (χ4n) is 2.54. The van der Waals surface area contributed by atoms with Crippen LogP contribution in [0.1, 0.15) is 38.2 Å². The van der Waals surface area contributed by atoms with Gasteiger partial charge in [0, 0.05) is 6.42 Å². The molecule has 0 radical (unpaired) electrons. The van der Waals surface area contributed by atoms with Gasteiger partial charge in [-0.3, -0.25) is 4.79 Å². The highest BCUT2D eigenvalue weighted by molar-refractivity contribution is 9.10. The molecule has 1 aromatic carbocycles. The van der Waals surface area contributed by atoms with Gasteiger partial charge >= 0.3 is 0 Å². The minimum Gasteiger partial charge on any atom is -0.382 e. The molecular weight excluding hydrogens is 311 g/mol. The van der Waals surface area contributed by atoms with Gasteiger partial charge in [-0.15, -0.1) is 0 Å². The van der Waals surface area contributed by atoms with Crippen molar-refractivity contribution in [1.29, 1.82) is 0 Å². The second kappa shape index (κ2) is 5.71. The number of benzene rings is 1. The van der Waals surface area contributed by atoms with Crippen molar-refractivity contribution in [1.82, 2.24) is 0 Å². The molecule has 104 valence electrons. The van der Waals surface area contributed by atoms with Gasteiger partial charge in [0.05, 0.1) is 4.47 Å². The van der Waals surface area contributed by atoms with Gasteiger partial charge in [-0.1, -0.05) is 19.1 Å². The Morgan fingerprint density at radius 2 is 2.11 bits per heavy atom. The Balaban J connectivity index is 2.10. The van der Waals surface area contributed by atoms with Gasteiger partial charge in [0.15, 0.2) is 5.78 Å². The Labute approximate surface area is 121 Å². The lowest BCUT2D eigenvalue weighted by Gasteiger charge is -2.33. The largest absolute Gasteiger partial charge is 0.382 e. The summed E-state index contributed by atoms with van der Waals surface area (Å²) >= 11 is 3.15. The van der Waals surface area contributed by atoms with Crippen LogP contribution in [0, 0.1) is 11.7 Å². The van der Waals surface area contributed by atoms with E-state index in [1.54, 1.807) is 12.1 Å². The number of hydrogen-bond acceptors (Lipinski definition) is 2. The Bertz CT molecular complexity index is 479. The standard InChI is InChI=1S/C15H18BrFO2/c1-10-5-7-15(19,8-6-10)13(18)9-11-3-2-4-12(17)14(11)16/h2-4,10,19H,5-9H2,1H3. The third-order valence-electron chi connectivity index (χ3n) is 4.00. The van der Waals surface area contributed by atoms with E-state index in [1.165, 1.54) is 6.07 Å². The summed E-state index contributed by atoms with van der Waals surface area (Å²) in [5, 5.41) is 10.4. The molecule has 2 nitrogen and oxygen atoms in total. The lowest BCUT2D eigenvalue weighted by atomic mass is 9.76. The van der Waals surface area contributed by atoms with Crippen LogP contribution in [0.15, 0.2) is 22.7 Å². The van der Waals surface area contributed by atoms with Crippen molar-refractivity contribution in [2.75, 3.05) is 0 Å². The molecule has 1 aromatic rings. The van der Waals surface area contributed by atoms with Gasteiger partial charge in [-0.05, 0) is 59.2 Å². The molecule has 1 aliphatic carbocycles. The summed E-state index contributed by atoms with van der Waals surface area (Å²) in [7, 11) is 0. The van der Waals surface area contributed by atoms with Crippen molar-refractivity contribution in [2.24, 2.45) is 5.92 Å². The lowest BCUT2D eigenvalue weighted by Crippen LogP contribution is -2.42. The monoisotopic (exact) mass is 328 g/mol. The number of Topliss-reactive ketones (excluding diaryl/α,β-unsaturated/α-hetero) is 1. The highest BCUT2D eigenvalue weighted by Gasteiger charge is 2.38. The van der Waals surface area contributed by atoms with Gasteiger partial charge in [0.2, 0.25) is 0 Å². The van der Waals surface area contributed by atoms with Crippen LogP contribution in [0.2, 0.25) is 0 Å². The van der Waals surface area contributed by atoms with Crippen LogP contribution in [0.25, 0.3) is 0 Å². The molecular formula is C15H18BrFO2. The van der Waals surface area contributed by atoms with E-state index < -0.39 is 5.60 Å². The molecule has 1 aliphatic rings. The van der Waals surface area contributed by atoms with Crippen LogP contribution in [0.4, 0.5) is 4.39 Å². The Hall–Kier alpha value is -0.740. The molecule has 4 heteroatoms. The molecule has 0 unspecified atom stereocenters. The zero-order valence-corrected chi connectivity index (χ0v) is 12.5. The first-order valence-electron chi connectivity index (χ1n) is 6.61. The second-order valence-electron chi connectivity index (χ2n) is 5.53. The molecule has 1 fully saturated rings. The molecule has 0 atom stereocenters. The van der Waals surface area contributed by atoms with Crippen LogP contribution in [0.3, 0.4) is 0 Å². The summed E-state index contributed by atoms with van der Waals surface area (Å²) < 4.78 is 13.7. The first kappa shape index (κ1) is 14.7. The maximum Gasteiger partial charge on any atom is 0.168 e. The molecule has 0 saturated heterocycles. The number of carbonyl (C=O) groups is 1. The average Bonchev–Trinajstić information content (AvgIpc) is 2.38. The SMILES string of the molecule is CC1CCC(O)(C(=O)Cc2cccc(F)c2Br)CC1. The van der Waals surface area contributed by atoms with Gasteiger partial charge in [0.25, 0.3) is 0 Å². The average molecular weight is 329 g/mol. The molecule has 2 rings (SSSR count). The number of halogens is 2. The van der Waals surface area contributed by atoms with Crippen LogP contribution < -0.4 is 0 Å². The third-order valence-corrected chi connectivity index (χ3v) is 4.89. The molecule has 0 aromatic heterocycles. The minimum atomic E-state index is -1.22. The molecule has 0 spiro atoms.